The Balaban J connectivity index is 1.31. The van der Waals surface area contributed by atoms with E-state index in [1.807, 2.05) is 53.4 Å². The van der Waals surface area contributed by atoms with Gasteiger partial charge in [-0.15, -0.1) is 0 Å². The van der Waals surface area contributed by atoms with Gasteiger partial charge in [0.2, 0.25) is 0 Å². The molecule has 1 aliphatic carbocycles. The molecule has 1 fully saturated rings. The second kappa shape index (κ2) is 7.64. The fraction of sp³-hybridized carbons (Fsp3) is 0.304. The van der Waals surface area contributed by atoms with Crippen LogP contribution in [0, 0.1) is 11.3 Å². The zero-order valence-corrected chi connectivity index (χ0v) is 16.5. The Bertz CT molecular complexity index is 1120. The summed E-state index contributed by atoms with van der Waals surface area (Å²) in [5.41, 5.74) is 3.89. The Morgan fingerprint density at radius 3 is 2.90 bits per heavy atom. The third-order valence-electron chi connectivity index (χ3n) is 6.01. The van der Waals surface area contributed by atoms with Gasteiger partial charge in [-0.3, -0.25) is 5.10 Å². The molecule has 0 radical (unpaired) electrons. The first-order chi connectivity index (χ1) is 14.7. The van der Waals surface area contributed by atoms with Crippen molar-refractivity contribution in [3.8, 4) is 17.5 Å². The zero-order valence-electron chi connectivity index (χ0n) is 16.5. The molecule has 0 bridgehead atoms. The van der Waals surface area contributed by atoms with Crippen LogP contribution in [0.3, 0.4) is 0 Å². The number of hydrogen-bond acceptors (Lipinski definition) is 4. The van der Waals surface area contributed by atoms with E-state index in [0.29, 0.717) is 17.9 Å². The number of likely N-dealkylation sites (tertiary alicyclic amines) is 1. The molecule has 2 atom stereocenters. The number of aryl methyl sites for hydroxylation is 1. The van der Waals surface area contributed by atoms with Gasteiger partial charge >= 0.3 is 6.03 Å². The van der Waals surface area contributed by atoms with Crippen LogP contribution >= 0.6 is 0 Å². The van der Waals surface area contributed by atoms with Crippen molar-refractivity contribution < 1.29 is 4.79 Å². The average Bonchev–Trinajstić information content (AvgIpc) is 3.53. The summed E-state index contributed by atoms with van der Waals surface area (Å²) in [6.45, 7) is 0.699. The highest BCUT2D eigenvalue weighted by Crippen LogP contribution is 2.34. The number of carbonyl (C=O) groups excluding carboxylic acids is 1. The maximum Gasteiger partial charge on any atom is 0.318 e. The van der Waals surface area contributed by atoms with Crippen LogP contribution in [0.25, 0.3) is 11.4 Å². The number of carbonyl (C=O) groups is 1. The monoisotopic (exact) mass is 398 g/mol. The zero-order chi connectivity index (χ0) is 20.5. The lowest BCUT2D eigenvalue weighted by Crippen LogP contribution is -2.41. The molecule has 3 aromatic rings. The lowest BCUT2D eigenvalue weighted by atomic mass is 10.1. The minimum Gasteiger partial charge on any atom is -0.331 e. The number of amides is 2. The molecule has 2 amide bonds. The molecule has 0 saturated carbocycles. The first-order valence-corrected chi connectivity index (χ1v) is 10.3. The molecule has 2 heterocycles. The second-order valence-corrected chi connectivity index (χ2v) is 7.83. The topological polar surface area (TPSA) is 97.7 Å². The molecule has 0 spiro atoms. The molecule has 2 unspecified atom stereocenters. The minimum atomic E-state index is -0.100. The first-order valence-electron chi connectivity index (χ1n) is 10.3. The number of benzene rings is 2. The second-order valence-electron chi connectivity index (χ2n) is 7.83. The summed E-state index contributed by atoms with van der Waals surface area (Å²) in [6.07, 6.45) is 3.53. The molecule has 7 nitrogen and oxygen atoms in total. The first kappa shape index (κ1) is 18.4. The number of nitrogens with zero attached hydrogens (tertiary/aromatic N) is 4. The van der Waals surface area contributed by atoms with Gasteiger partial charge in [0.05, 0.1) is 23.7 Å². The van der Waals surface area contributed by atoms with Gasteiger partial charge in [-0.1, -0.05) is 36.4 Å². The lowest BCUT2D eigenvalue weighted by Gasteiger charge is -2.25. The van der Waals surface area contributed by atoms with Gasteiger partial charge in [0.25, 0.3) is 0 Å². The number of hydrogen-bond donors (Lipinski definition) is 2. The Hall–Kier alpha value is -3.66. The molecule has 30 heavy (non-hydrogen) atoms. The molecule has 150 valence electrons. The molecular formula is C23H22N6O. The van der Waals surface area contributed by atoms with Gasteiger partial charge in [-0.2, -0.15) is 10.4 Å². The van der Waals surface area contributed by atoms with Crippen molar-refractivity contribution in [1.82, 2.24) is 25.4 Å². The third-order valence-corrected chi connectivity index (χ3v) is 6.01. The van der Waals surface area contributed by atoms with E-state index in [0.717, 1.165) is 48.2 Å². The number of H-pyrrole nitrogens is 1. The Morgan fingerprint density at radius 1 is 1.20 bits per heavy atom. The molecule has 2 aromatic carbocycles. The van der Waals surface area contributed by atoms with Crippen molar-refractivity contribution in [2.75, 3.05) is 6.54 Å². The van der Waals surface area contributed by atoms with Crippen LogP contribution in [0.1, 0.15) is 53.9 Å². The van der Waals surface area contributed by atoms with Crippen molar-refractivity contribution in [2.45, 2.75) is 37.8 Å². The number of fused-ring (bicyclic) bond motifs is 1. The van der Waals surface area contributed by atoms with Crippen molar-refractivity contribution >= 4 is 6.03 Å². The van der Waals surface area contributed by atoms with E-state index >= 15 is 0 Å². The van der Waals surface area contributed by atoms with Gasteiger partial charge in [0.15, 0.2) is 5.82 Å². The van der Waals surface area contributed by atoms with Crippen molar-refractivity contribution in [3.05, 3.63) is 71.0 Å². The Morgan fingerprint density at radius 2 is 2.07 bits per heavy atom. The summed E-state index contributed by atoms with van der Waals surface area (Å²) in [5.74, 6) is 1.38. The van der Waals surface area contributed by atoms with Gasteiger partial charge < -0.3 is 10.2 Å². The number of rotatable bonds is 3. The summed E-state index contributed by atoms with van der Waals surface area (Å²) in [7, 11) is 0. The van der Waals surface area contributed by atoms with E-state index < -0.39 is 0 Å². The van der Waals surface area contributed by atoms with Gasteiger partial charge in [-0.05, 0) is 48.9 Å². The van der Waals surface area contributed by atoms with E-state index in [-0.39, 0.29) is 18.1 Å². The fourth-order valence-corrected chi connectivity index (χ4v) is 4.50. The number of nitriles is 1. The Labute approximate surface area is 174 Å². The number of nitrogens with one attached hydrogen (secondary N) is 2. The number of aromatic amines is 1. The van der Waals surface area contributed by atoms with E-state index in [4.69, 9.17) is 5.26 Å². The molecule has 1 aromatic heterocycles. The minimum absolute atomic E-state index is 0.0175. The van der Waals surface area contributed by atoms with Crippen molar-refractivity contribution in [3.63, 3.8) is 0 Å². The quantitative estimate of drug-likeness (QED) is 0.700. The predicted octanol–water partition coefficient (Wildman–Crippen LogP) is 3.88. The number of urea groups is 1. The predicted molar refractivity (Wildman–Crippen MR) is 111 cm³/mol. The SMILES string of the molecule is N#Cc1ccc2c(c1)CCC2NC(=O)N1CCCC1c1nc(-c2ccccc2)n[nH]1. The van der Waals surface area contributed by atoms with Crippen LogP contribution in [0.4, 0.5) is 4.79 Å². The van der Waals surface area contributed by atoms with Crippen LogP contribution in [-0.4, -0.2) is 32.7 Å². The van der Waals surface area contributed by atoms with Crippen molar-refractivity contribution in [2.24, 2.45) is 0 Å². The standard InChI is InChI=1S/C23H22N6O/c24-14-15-8-10-18-17(13-15)9-11-19(18)25-23(30)29-12-4-7-20(29)22-26-21(27-28-22)16-5-2-1-3-6-16/h1-3,5-6,8,10,13,19-20H,4,7,9,11-12H2,(H,25,30)(H,26,27,28). The summed E-state index contributed by atoms with van der Waals surface area (Å²) >= 11 is 0. The summed E-state index contributed by atoms with van der Waals surface area (Å²) < 4.78 is 0. The van der Waals surface area contributed by atoms with Crippen LogP contribution in [0.2, 0.25) is 0 Å². The maximum atomic E-state index is 13.1. The molecule has 5 rings (SSSR count). The normalized spacial score (nSPS) is 20.0. The smallest absolute Gasteiger partial charge is 0.318 e. The average molecular weight is 398 g/mol. The maximum absolute atomic E-state index is 13.1. The lowest BCUT2D eigenvalue weighted by molar-refractivity contribution is 0.187. The Kier molecular flexibility index (Phi) is 4.68. The van der Waals surface area contributed by atoms with Crippen LogP contribution < -0.4 is 5.32 Å². The molecule has 2 N–H and O–H groups in total. The van der Waals surface area contributed by atoms with E-state index in [1.54, 1.807) is 0 Å². The van der Waals surface area contributed by atoms with Crippen LogP contribution in [-0.2, 0) is 6.42 Å². The molecular weight excluding hydrogens is 376 g/mol. The third kappa shape index (κ3) is 3.30. The molecule has 1 saturated heterocycles. The highest BCUT2D eigenvalue weighted by atomic mass is 16.2. The van der Waals surface area contributed by atoms with Crippen molar-refractivity contribution in [1.29, 1.82) is 5.26 Å². The van der Waals surface area contributed by atoms with Crippen LogP contribution in [0.5, 0.6) is 0 Å². The molecule has 7 heteroatoms. The van der Waals surface area contributed by atoms with E-state index in [2.05, 4.69) is 26.6 Å². The summed E-state index contributed by atoms with van der Waals surface area (Å²) in [4.78, 5) is 19.6. The highest BCUT2D eigenvalue weighted by Gasteiger charge is 2.34. The number of aromatic nitrogens is 3. The van der Waals surface area contributed by atoms with Gasteiger partial charge in [0, 0.05) is 12.1 Å². The molecule has 2 aliphatic rings. The van der Waals surface area contributed by atoms with E-state index in [1.165, 1.54) is 0 Å². The largest absolute Gasteiger partial charge is 0.331 e. The fourth-order valence-electron chi connectivity index (χ4n) is 4.50. The van der Waals surface area contributed by atoms with Gasteiger partial charge in [0.1, 0.15) is 5.82 Å². The van der Waals surface area contributed by atoms with Gasteiger partial charge in [-0.25, -0.2) is 9.78 Å². The summed E-state index contributed by atoms with van der Waals surface area (Å²) in [6, 6.07) is 17.5. The van der Waals surface area contributed by atoms with Crippen LogP contribution in [0.15, 0.2) is 48.5 Å². The molecule has 1 aliphatic heterocycles. The van der Waals surface area contributed by atoms with E-state index in [9.17, 15) is 4.79 Å². The summed E-state index contributed by atoms with van der Waals surface area (Å²) in [5, 5.41) is 19.7. The highest BCUT2D eigenvalue weighted by molar-refractivity contribution is 5.76.